The first-order chi connectivity index (χ1) is 9.63. The van der Waals surface area contributed by atoms with Crippen LogP contribution in [0.25, 0.3) is 0 Å². The van der Waals surface area contributed by atoms with Crippen molar-refractivity contribution in [2.75, 3.05) is 0 Å². The summed E-state index contributed by atoms with van der Waals surface area (Å²) in [5, 5.41) is 3.65. The lowest BCUT2D eigenvalue weighted by Gasteiger charge is -2.21. The highest BCUT2D eigenvalue weighted by Crippen LogP contribution is 2.34. The third-order valence-corrected chi connectivity index (χ3v) is 4.50. The van der Waals surface area contributed by atoms with Crippen LogP contribution >= 0.6 is 15.9 Å². The highest BCUT2D eigenvalue weighted by Gasteiger charge is 2.23. The predicted octanol–water partition coefficient (Wildman–Crippen LogP) is 4.93. The second kappa shape index (κ2) is 5.66. The van der Waals surface area contributed by atoms with Crippen LogP contribution in [0.1, 0.15) is 42.1 Å². The van der Waals surface area contributed by atoms with Crippen molar-refractivity contribution in [1.29, 1.82) is 0 Å². The maximum atomic E-state index is 13.0. The summed E-state index contributed by atoms with van der Waals surface area (Å²) in [5.41, 5.74) is 3.93. The Kier molecular flexibility index (Phi) is 3.90. The van der Waals surface area contributed by atoms with Crippen LogP contribution in [0.4, 0.5) is 4.39 Å². The lowest BCUT2D eigenvalue weighted by molar-refractivity contribution is 0.464. The normalized spacial score (nSPS) is 18.9. The number of aryl methyl sites for hydroxylation is 1. The molecule has 1 unspecified atom stereocenters. The van der Waals surface area contributed by atoms with Crippen molar-refractivity contribution in [3.05, 3.63) is 69.4 Å². The Labute approximate surface area is 127 Å². The molecule has 0 aliphatic heterocycles. The SMILES string of the molecule is C[C@@H](NC1CCc2cc(Br)ccc21)c1ccc(F)cc1. The van der Waals surface area contributed by atoms with Gasteiger partial charge in [-0.15, -0.1) is 0 Å². The van der Waals surface area contributed by atoms with E-state index >= 15 is 0 Å². The molecule has 0 amide bonds. The van der Waals surface area contributed by atoms with Gasteiger partial charge in [-0.2, -0.15) is 0 Å². The Balaban J connectivity index is 1.75. The van der Waals surface area contributed by atoms with E-state index < -0.39 is 0 Å². The van der Waals surface area contributed by atoms with E-state index in [1.54, 1.807) is 0 Å². The third kappa shape index (κ3) is 2.79. The standard InChI is InChI=1S/C17H17BrFN/c1-11(12-2-6-15(19)7-3-12)20-17-9-4-13-10-14(18)5-8-16(13)17/h2-3,5-8,10-11,17,20H,4,9H2,1H3/t11-,17?/m1/s1. The van der Waals surface area contributed by atoms with E-state index in [4.69, 9.17) is 0 Å². The zero-order valence-corrected chi connectivity index (χ0v) is 13.0. The van der Waals surface area contributed by atoms with Gasteiger partial charge in [0.2, 0.25) is 0 Å². The number of benzene rings is 2. The van der Waals surface area contributed by atoms with Crippen LogP contribution in [0.15, 0.2) is 46.9 Å². The van der Waals surface area contributed by atoms with Gasteiger partial charge in [-0.1, -0.05) is 34.1 Å². The van der Waals surface area contributed by atoms with Crippen molar-refractivity contribution in [2.45, 2.75) is 31.8 Å². The zero-order chi connectivity index (χ0) is 14.1. The second-order valence-corrected chi connectivity index (χ2v) is 6.29. The summed E-state index contributed by atoms with van der Waals surface area (Å²) in [6, 6.07) is 13.9. The molecule has 3 rings (SSSR count). The molecule has 2 aromatic rings. The monoisotopic (exact) mass is 333 g/mol. The van der Waals surface area contributed by atoms with Crippen molar-refractivity contribution in [3.63, 3.8) is 0 Å². The van der Waals surface area contributed by atoms with Crippen molar-refractivity contribution in [1.82, 2.24) is 5.32 Å². The molecule has 2 atom stereocenters. The van der Waals surface area contributed by atoms with Gasteiger partial charge in [0, 0.05) is 16.6 Å². The Morgan fingerprint density at radius 1 is 1.20 bits per heavy atom. The molecule has 0 spiro atoms. The number of halogens is 2. The van der Waals surface area contributed by atoms with Gasteiger partial charge in [0.25, 0.3) is 0 Å². The molecule has 1 nitrogen and oxygen atoms in total. The topological polar surface area (TPSA) is 12.0 Å². The van der Waals surface area contributed by atoms with E-state index in [-0.39, 0.29) is 11.9 Å². The maximum Gasteiger partial charge on any atom is 0.123 e. The molecule has 104 valence electrons. The molecule has 1 aliphatic carbocycles. The van der Waals surface area contributed by atoms with E-state index in [2.05, 4.69) is 46.4 Å². The van der Waals surface area contributed by atoms with Crippen molar-refractivity contribution < 1.29 is 4.39 Å². The predicted molar refractivity (Wildman–Crippen MR) is 83.2 cm³/mol. The first kappa shape index (κ1) is 13.8. The first-order valence-electron chi connectivity index (χ1n) is 6.93. The van der Waals surface area contributed by atoms with Gasteiger partial charge in [0.15, 0.2) is 0 Å². The molecule has 1 aliphatic rings. The molecule has 0 aromatic heterocycles. The van der Waals surface area contributed by atoms with Crippen molar-refractivity contribution >= 4 is 15.9 Å². The fourth-order valence-corrected chi connectivity index (χ4v) is 3.32. The smallest absolute Gasteiger partial charge is 0.123 e. The van der Waals surface area contributed by atoms with Gasteiger partial charge in [-0.05, 0) is 60.7 Å². The number of rotatable bonds is 3. The Bertz CT molecular complexity index is 609. The molecule has 1 N–H and O–H groups in total. The maximum absolute atomic E-state index is 13.0. The summed E-state index contributed by atoms with van der Waals surface area (Å²) >= 11 is 3.52. The number of nitrogens with one attached hydrogen (secondary N) is 1. The lowest BCUT2D eigenvalue weighted by Crippen LogP contribution is -2.23. The summed E-state index contributed by atoms with van der Waals surface area (Å²) in [6.07, 6.45) is 2.24. The van der Waals surface area contributed by atoms with E-state index in [0.29, 0.717) is 6.04 Å². The van der Waals surface area contributed by atoms with Crippen LogP contribution in [0, 0.1) is 5.82 Å². The van der Waals surface area contributed by atoms with Crippen LogP contribution in [0.5, 0.6) is 0 Å². The summed E-state index contributed by atoms with van der Waals surface area (Å²) in [7, 11) is 0. The molecule has 0 radical (unpaired) electrons. The fraction of sp³-hybridized carbons (Fsp3) is 0.294. The molecule has 0 fully saturated rings. The van der Waals surface area contributed by atoms with Crippen LogP contribution in [0.3, 0.4) is 0 Å². The number of hydrogen-bond acceptors (Lipinski definition) is 1. The Morgan fingerprint density at radius 2 is 1.95 bits per heavy atom. The molecule has 2 aromatic carbocycles. The van der Waals surface area contributed by atoms with Crippen LogP contribution in [-0.4, -0.2) is 0 Å². The minimum Gasteiger partial charge on any atom is -0.303 e. The molecule has 0 heterocycles. The van der Waals surface area contributed by atoms with E-state index in [1.807, 2.05) is 12.1 Å². The van der Waals surface area contributed by atoms with E-state index in [1.165, 1.54) is 23.3 Å². The van der Waals surface area contributed by atoms with Gasteiger partial charge >= 0.3 is 0 Å². The first-order valence-corrected chi connectivity index (χ1v) is 7.72. The Morgan fingerprint density at radius 3 is 2.70 bits per heavy atom. The van der Waals surface area contributed by atoms with Crippen LogP contribution in [0.2, 0.25) is 0 Å². The molecule has 0 saturated heterocycles. The zero-order valence-electron chi connectivity index (χ0n) is 11.4. The van der Waals surface area contributed by atoms with Crippen molar-refractivity contribution in [3.8, 4) is 0 Å². The van der Waals surface area contributed by atoms with Gasteiger partial charge in [-0.3, -0.25) is 0 Å². The summed E-state index contributed by atoms with van der Waals surface area (Å²) in [6.45, 7) is 2.13. The van der Waals surface area contributed by atoms with Gasteiger partial charge in [-0.25, -0.2) is 4.39 Å². The van der Waals surface area contributed by atoms with Gasteiger partial charge in [0.1, 0.15) is 5.82 Å². The summed E-state index contributed by atoms with van der Waals surface area (Å²) in [4.78, 5) is 0. The largest absolute Gasteiger partial charge is 0.303 e. The third-order valence-electron chi connectivity index (χ3n) is 4.00. The average Bonchev–Trinajstić information content (AvgIpc) is 2.81. The van der Waals surface area contributed by atoms with Gasteiger partial charge in [0.05, 0.1) is 0 Å². The summed E-state index contributed by atoms with van der Waals surface area (Å²) in [5.74, 6) is -0.183. The average molecular weight is 334 g/mol. The van der Waals surface area contributed by atoms with Crippen LogP contribution < -0.4 is 5.32 Å². The fourth-order valence-electron chi connectivity index (χ4n) is 2.91. The van der Waals surface area contributed by atoms with Crippen LogP contribution in [-0.2, 0) is 6.42 Å². The highest BCUT2D eigenvalue weighted by atomic mass is 79.9. The molecule has 20 heavy (non-hydrogen) atoms. The van der Waals surface area contributed by atoms with Crippen molar-refractivity contribution in [2.24, 2.45) is 0 Å². The molecule has 0 bridgehead atoms. The number of hydrogen-bond donors (Lipinski definition) is 1. The van der Waals surface area contributed by atoms with Gasteiger partial charge < -0.3 is 5.32 Å². The minimum atomic E-state index is -0.183. The Hall–Kier alpha value is -1.19. The molecule has 0 saturated carbocycles. The lowest BCUT2D eigenvalue weighted by atomic mass is 10.0. The highest BCUT2D eigenvalue weighted by molar-refractivity contribution is 9.10. The molecular weight excluding hydrogens is 317 g/mol. The van der Waals surface area contributed by atoms with E-state index in [0.717, 1.165) is 22.9 Å². The summed E-state index contributed by atoms with van der Waals surface area (Å²) < 4.78 is 14.1. The quantitative estimate of drug-likeness (QED) is 0.839. The second-order valence-electron chi connectivity index (χ2n) is 5.37. The van der Waals surface area contributed by atoms with E-state index in [9.17, 15) is 4.39 Å². The minimum absolute atomic E-state index is 0.183. The molecular formula is C17H17BrFN. The molecule has 3 heteroatoms. The number of fused-ring (bicyclic) bond motifs is 1.